The van der Waals surface area contributed by atoms with Crippen LogP contribution in [0.25, 0.3) is 22.4 Å². The van der Waals surface area contributed by atoms with Crippen molar-refractivity contribution in [1.82, 2.24) is 29.4 Å². The summed E-state index contributed by atoms with van der Waals surface area (Å²) in [5, 5.41) is 14.1. The SMILES string of the molecule is Cc1nnc2c3cnn(-c4cccc(Cl)c4)c3ncn12. The lowest BCUT2D eigenvalue weighted by Crippen LogP contribution is -1.98. The Bertz CT molecular complexity index is 938. The monoisotopic (exact) mass is 284 g/mol. The lowest BCUT2D eigenvalue weighted by Gasteiger charge is -2.03. The molecule has 0 spiro atoms. The molecule has 98 valence electrons. The van der Waals surface area contributed by atoms with Gasteiger partial charge >= 0.3 is 0 Å². The Morgan fingerprint density at radius 1 is 1.15 bits per heavy atom. The van der Waals surface area contributed by atoms with Gasteiger partial charge in [-0.15, -0.1) is 10.2 Å². The van der Waals surface area contributed by atoms with Crippen molar-refractivity contribution < 1.29 is 0 Å². The summed E-state index contributed by atoms with van der Waals surface area (Å²) >= 11 is 6.02. The van der Waals surface area contributed by atoms with Crippen molar-refractivity contribution in [3.63, 3.8) is 0 Å². The first-order valence-corrected chi connectivity index (χ1v) is 6.42. The van der Waals surface area contributed by atoms with Gasteiger partial charge in [-0.25, -0.2) is 9.67 Å². The van der Waals surface area contributed by atoms with Gasteiger partial charge < -0.3 is 0 Å². The zero-order chi connectivity index (χ0) is 13.7. The highest BCUT2D eigenvalue weighted by molar-refractivity contribution is 6.30. The molecule has 0 aliphatic heterocycles. The van der Waals surface area contributed by atoms with E-state index in [2.05, 4.69) is 20.3 Å². The molecule has 0 aliphatic rings. The predicted octanol–water partition coefficient (Wildman–Crippen LogP) is 2.43. The van der Waals surface area contributed by atoms with E-state index >= 15 is 0 Å². The number of aryl methyl sites for hydroxylation is 1. The van der Waals surface area contributed by atoms with Crippen molar-refractivity contribution in [2.45, 2.75) is 6.92 Å². The Balaban J connectivity index is 2.05. The van der Waals surface area contributed by atoms with E-state index in [0.29, 0.717) is 5.02 Å². The van der Waals surface area contributed by atoms with E-state index in [1.165, 1.54) is 0 Å². The van der Waals surface area contributed by atoms with Gasteiger partial charge in [0.1, 0.15) is 12.2 Å². The third-order valence-corrected chi connectivity index (χ3v) is 3.43. The lowest BCUT2D eigenvalue weighted by molar-refractivity contribution is 0.891. The second kappa shape index (κ2) is 4.01. The Morgan fingerprint density at radius 3 is 2.90 bits per heavy atom. The smallest absolute Gasteiger partial charge is 0.174 e. The van der Waals surface area contributed by atoms with Gasteiger partial charge in [-0.3, -0.25) is 4.40 Å². The summed E-state index contributed by atoms with van der Waals surface area (Å²) in [5.41, 5.74) is 2.34. The quantitative estimate of drug-likeness (QED) is 0.538. The van der Waals surface area contributed by atoms with Crippen LogP contribution in [0.3, 0.4) is 0 Å². The Kier molecular flexibility index (Phi) is 2.28. The molecule has 3 aromatic heterocycles. The second-order valence-corrected chi connectivity index (χ2v) is 4.90. The van der Waals surface area contributed by atoms with Crippen LogP contribution < -0.4 is 0 Å². The highest BCUT2D eigenvalue weighted by atomic mass is 35.5. The molecular formula is C13H9ClN6. The van der Waals surface area contributed by atoms with Gasteiger partial charge in [0, 0.05) is 5.02 Å². The molecule has 0 atom stereocenters. The molecular weight excluding hydrogens is 276 g/mol. The first-order chi connectivity index (χ1) is 9.74. The molecule has 4 aromatic rings. The molecule has 7 heteroatoms. The highest BCUT2D eigenvalue weighted by Gasteiger charge is 2.12. The number of nitrogens with zero attached hydrogens (tertiary/aromatic N) is 6. The van der Waals surface area contributed by atoms with Crippen molar-refractivity contribution in [1.29, 1.82) is 0 Å². The van der Waals surface area contributed by atoms with Crippen LogP contribution in [-0.4, -0.2) is 29.4 Å². The molecule has 0 saturated carbocycles. The molecule has 0 unspecified atom stereocenters. The van der Waals surface area contributed by atoms with Crippen molar-refractivity contribution in [2.24, 2.45) is 0 Å². The van der Waals surface area contributed by atoms with Gasteiger partial charge in [0.15, 0.2) is 11.3 Å². The van der Waals surface area contributed by atoms with Crippen LogP contribution >= 0.6 is 11.6 Å². The molecule has 0 saturated heterocycles. The summed E-state index contributed by atoms with van der Waals surface area (Å²) in [6, 6.07) is 7.48. The molecule has 0 aliphatic carbocycles. The van der Waals surface area contributed by atoms with Gasteiger partial charge in [-0.1, -0.05) is 17.7 Å². The van der Waals surface area contributed by atoms with Gasteiger partial charge in [0.25, 0.3) is 0 Å². The third kappa shape index (κ3) is 1.51. The summed E-state index contributed by atoms with van der Waals surface area (Å²) < 4.78 is 3.58. The minimum absolute atomic E-state index is 0.658. The number of hydrogen-bond donors (Lipinski definition) is 0. The van der Waals surface area contributed by atoms with Gasteiger partial charge in [-0.2, -0.15) is 5.10 Å². The van der Waals surface area contributed by atoms with Crippen molar-refractivity contribution in [2.75, 3.05) is 0 Å². The molecule has 0 radical (unpaired) electrons. The van der Waals surface area contributed by atoms with E-state index in [-0.39, 0.29) is 0 Å². The molecule has 1 aromatic carbocycles. The standard InChI is InChI=1S/C13H9ClN6/c1-8-17-18-13-11-6-16-20(12(11)15-7-19(8)13)10-4-2-3-9(14)5-10/h2-7H,1H3. The predicted molar refractivity (Wildman–Crippen MR) is 75.2 cm³/mol. The van der Waals surface area contributed by atoms with E-state index in [1.807, 2.05) is 35.6 Å². The number of aromatic nitrogens is 6. The maximum atomic E-state index is 6.02. The van der Waals surface area contributed by atoms with Gasteiger partial charge in [0.2, 0.25) is 0 Å². The lowest BCUT2D eigenvalue weighted by atomic mass is 10.3. The van der Waals surface area contributed by atoms with Crippen molar-refractivity contribution in [3.05, 3.63) is 47.6 Å². The van der Waals surface area contributed by atoms with Crippen LogP contribution in [0.5, 0.6) is 0 Å². The van der Waals surface area contributed by atoms with Crippen LogP contribution in [-0.2, 0) is 0 Å². The number of halogens is 1. The van der Waals surface area contributed by atoms with Crippen LogP contribution in [0.1, 0.15) is 5.82 Å². The Labute approximate surface area is 118 Å². The number of hydrogen-bond acceptors (Lipinski definition) is 4. The minimum Gasteiger partial charge on any atom is -0.269 e. The fourth-order valence-corrected chi connectivity index (χ4v) is 2.41. The van der Waals surface area contributed by atoms with Crippen LogP contribution in [0, 0.1) is 6.92 Å². The van der Waals surface area contributed by atoms with Crippen molar-refractivity contribution >= 4 is 28.3 Å². The molecule has 4 rings (SSSR count). The number of fused-ring (bicyclic) bond motifs is 3. The van der Waals surface area contributed by atoms with Gasteiger partial charge in [0.05, 0.1) is 17.3 Å². The van der Waals surface area contributed by atoms with Gasteiger partial charge in [-0.05, 0) is 25.1 Å². The Hall–Kier alpha value is -2.47. The first-order valence-electron chi connectivity index (χ1n) is 6.04. The van der Waals surface area contributed by atoms with E-state index in [0.717, 1.165) is 28.2 Å². The Morgan fingerprint density at radius 2 is 2.05 bits per heavy atom. The maximum Gasteiger partial charge on any atom is 0.174 e. The van der Waals surface area contributed by atoms with Crippen LogP contribution in [0.2, 0.25) is 5.02 Å². The largest absolute Gasteiger partial charge is 0.269 e. The van der Waals surface area contributed by atoms with E-state index < -0.39 is 0 Å². The van der Waals surface area contributed by atoms with E-state index in [9.17, 15) is 0 Å². The molecule has 0 amide bonds. The van der Waals surface area contributed by atoms with Crippen LogP contribution in [0.4, 0.5) is 0 Å². The third-order valence-electron chi connectivity index (χ3n) is 3.20. The maximum absolute atomic E-state index is 6.02. The molecule has 0 N–H and O–H groups in total. The molecule has 6 nitrogen and oxygen atoms in total. The average Bonchev–Trinajstić information content (AvgIpc) is 3.02. The fraction of sp³-hybridized carbons (Fsp3) is 0.0769. The van der Waals surface area contributed by atoms with E-state index in [1.54, 1.807) is 17.2 Å². The summed E-state index contributed by atoms with van der Waals surface area (Å²) in [6.45, 7) is 1.88. The first kappa shape index (κ1) is 11.4. The second-order valence-electron chi connectivity index (χ2n) is 4.46. The zero-order valence-electron chi connectivity index (χ0n) is 10.5. The number of rotatable bonds is 1. The minimum atomic E-state index is 0.658. The molecule has 20 heavy (non-hydrogen) atoms. The van der Waals surface area contributed by atoms with Crippen molar-refractivity contribution in [3.8, 4) is 5.69 Å². The molecule has 0 fully saturated rings. The average molecular weight is 285 g/mol. The summed E-state index contributed by atoms with van der Waals surface area (Å²) in [6.07, 6.45) is 3.45. The normalized spacial score (nSPS) is 11.5. The summed E-state index contributed by atoms with van der Waals surface area (Å²) in [5.74, 6) is 0.796. The highest BCUT2D eigenvalue weighted by Crippen LogP contribution is 2.21. The summed E-state index contributed by atoms with van der Waals surface area (Å²) in [4.78, 5) is 4.45. The molecule has 3 heterocycles. The van der Waals surface area contributed by atoms with E-state index in [4.69, 9.17) is 11.6 Å². The summed E-state index contributed by atoms with van der Waals surface area (Å²) in [7, 11) is 0. The zero-order valence-corrected chi connectivity index (χ0v) is 11.3. The number of benzene rings is 1. The van der Waals surface area contributed by atoms with Crippen LogP contribution in [0.15, 0.2) is 36.8 Å². The fourth-order valence-electron chi connectivity index (χ4n) is 2.22. The topological polar surface area (TPSA) is 60.9 Å². The molecule has 0 bridgehead atoms.